The van der Waals surface area contributed by atoms with E-state index in [1.54, 1.807) is 0 Å². The number of rotatable bonds is 4. The third-order valence-electron chi connectivity index (χ3n) is 3.19. The smallest absolute Gasteiger partial charge is 0.416 e. The fourth-order valence-electron chi connectivity index (χ4n) is 1.99. The molecule has 134 valence electrons. The highest BCUT2D eigenvalue weighted by Gasteiger charge is 2.32. The summed E-state index contributed by atoms with van der Waals surface area (Å²) in [6, 6.07) is 6.49. The Bertz CT molecular complexity index is 783. The molecule has 0 heterocycles. The molecule has 0 unspecified atom stereocenters. The first-order chi connectivity index (χ1) is 11.5. The van der Waals surface area contributed by atoms with Gasteiger partial charge in [0, 0.05) is 10.6 Å². The number of carbonyl (C=O) groups is 1. The van der Waals surface area contributed by atoms with E-state index in [1.807, 2.05) is 0 Å². The van der Waals surface area contributed by atoms with E-state index in [0.717, 1.165) is 30.0 Å². The minimum Gasteiger partial charge on any atom is -0.478 e. The first kappa shape index (κ1) is 19.2. The Morgan fingerprint density at radius 2 is 1.52 bits per heavy atom. The molecule has 0 amide bonds. The molecule has 2 aromatic carbocycles. The van der Waals surface area contributed by atoms with Gasteiger partial charge in [0.15, 0.2) is 0 Å². The van der Waals surface area contributed by atoms with Gasteiger partial charge in [-0.25, -0.2) is 4.79 Å². The van der Waals surface area contributed by atoms with Crippen LogP contribution in [0.5, 0.6) is 0 Å². The van der Waals surface area contributed by atoms with Crippen LogP contribution in [-0.4, -0.2) is 11.1 Å². The van der Waals surface area contributed by atoms with E-state index in [-0.39, 0.29) is 21.8 Å². The Labute approximate surface area is 142 Å². The predicted molar refractivity (Wildman–Crippen MR) is 79.4 cm³/mol. The van der Waals surface area contributed by atoms with Gasteiger partial charge in [0.25, 0.3) is 0 Å². The summed E-state index contributed by atoms with van der Waals surface area (Å²) in [6.45, 7) is 0. The van der Waals surface area contributed by atoms with Gasteiger partial charge in [0.1, 0.15) is 0 Å². The SMILES string of the molecule is O=C(O)c1ccc(C(F)(F)F)cc1SCc1cccc(C(F)(F)F)c1. The molecule has 0 fully saturated rings. The molecule has 1 N–H and O–H groups in total. The summed E-state index contributed by atoms with van der Waals surface area (Å²) >= 11 is 0.730. The van der Waals surface area contributed by atoms with Crippen LogP contribution in [0, 0.1) is 0 Å². The highest BCUT2D eigenvalue weighted by atomic mass is 32.2. The predicted octanol–water partition coefficient (Wildman–Crippen LogP) is 5.71. The molecule has 0 saturated carbocycles. The molecule has 0 aliphatic heterocycles. The maximum absolute atomic E-state index is 12.8. The van der Waals surface area contributed by atoms with E-state index < -0.39 is 29.4 Å². The quantitative estimate of drug-likeness (QED) is 0.545. The second kappa shape index (κ2) is 6.99. The van der Waals surface area contributed by atoms with Gasteiger partial charge in [-0.15, -0.1) is 11.8 Å². The minimum atomic E-state index is -4.65. The lowest BCUT2D eigenvalue weighted by molar-refractivity contribution is -0.138. The number of hydrogen-bond donors (Lipinski definition) is 1. The van der Waals surface area contributed by atoms with Gasteiger partial charge in [-0.1, -0.05) is 18.2 Å². The fourth-order valence-corrected chi connectivity index (χ4v) is 3.02. The number of alkyl halides is 6. The third kappa shape index (κ3) is 4.91. The zero-order valence-corrected chi connectivity index (χ0v) is 13.1. The summed E-state index contributed by atoms with van der Waals surface area (Å²) in [4.78, 5) is 11.0. The van der Waals surface area contributed by atoms with Gasteiger partial charge < -0.3 is 5.11 Å². The molecule has 2 nitrogen and oxygen atoms in total. The highest BCUT2D eigenvalue weighted by Crippen LogP contribution is 2.36. The lowest BCUT2D eigenvalue weighted by atomic mass is 10.1. The van der Waals surface area contributed by atoms with Gasteiger partial charge in [-0.05, 0) is 29.8 Å². The van der Waals surface area contributed by atoms with Crippen molar-refractivity contribution < 1.29 is 36.2 Å². The van der Waals surface area contributed by atoms with Crippen molar-refractivity contribution in [3.63, 3.8) is 0 Å². The molecule has 0 aliphatic rings. The standard InChI is InChI=1S/C16H10F6O2S/c17-15(18,19)10-3-1-2-9(6-10)8-25-13-7-11(16(20,21)22)4-5-12(13)14(23)24/h1-7H,8H2,(H,23,24). The van der Waals surface area contributed by atoms with E-state index in [0.29, 0.717) is 12.1 Å². The number of halogens is 6. The molecular weight excluding hydrogens is 370 g/mol. The summed E-state index contributed by atoms with van der Waals surface area (Å²) in [5.41, 5.74) is -2.03. The molecular formula is C16H10F6O2S. The molecule has 0 radical (unpaired) electrons. The van der Waals surface area contributed by atoms with Crippen molar-refractivity contribution in [2.75, 3.05) is 0 Å². The van der Waals surface area contributed by atoms with Crippen LogP contribution in [-0.2, 0) is 18.1 Å². The highest BCUT2D eigenvalue weighted by molar-refractivity contribution is 7.98. The molecule has 2 aromatic rings. The maximum atomic E-state index is 12.8. The molecule has 9 heteroatoms. The first-order valence-electron chi connectivity index (χ1n) is 6.72. The van der Waals surface area contributed by atoms with Gasteiger partial charge >= 0.3 is 18.3 Å². The maximum Gasteiger partial charge on any atom is 0.416 e. The normalized spacial score (nSPS) is 12.2. The van der Waals surface area contributed by atoms with Crippen LogP contribution in [0.3, 0.4) is 0 Å². The van der Waals surface area contributed by atoms with Crippen LogP contribution in [0.4, 0.5) is 26.3 Å². The summed E-state index contributed by atoms with van der Waals surface area (Å²) < 4.78 is 76.3. The third-order valence-corrected chi connectivity index (χ3v) is 4.31. The van der Waals surface area contributed by atoms with Crippen LogP contribution in [0.25, 0.3) is 0 Å². The van der Waals surface area contributed by atoms with Crippen molar-refractivity contribution in [2.24, 2.45) is 0 Å². The zero-order chi connectivity index (χ0) is 18.8. The summed E-state index contributed by atoms with van der Waals surface area (Å²) in [6.07, 6.45) is -9.19. The second-order valence-corrected chi connectivity index (χ2v) is 6.02. The number of carboxylic acids is 1. The zero-order valence-electron chi connectivity index (χ0n) is 12.3. The van der Waals surface area contributed by atoms with E-state index in [2.05, 4.69) is 0 Å². The van der Waals surface area contributed by atoms with Gasteiger partial charge in [0.2, 0.25) is 0 Å². The molecule has 0 spiro atoms. The number of thioether (sulfide) groups is 1. The molecule has 0 aliphatic carbocycles. The second-order valence-electron chi connectivity index (χ2n) is 5.00. The molecule has 0 atom stereocenters. The average Bonchev–Trinajstić information content (AvgIpc) is 2.51. The molecule has 2 rings (SSSR count). The van der Waals surface area contributed by atoms with Crippen molar-refractivity contribution in [3.8, 4) is 0 Å². The molecule has 0 aromatic heterocycles. The van der Waals surface area contributed by atoms with Crippen molar-refractivity contribution in [3.05, 3.63) is 64.7 Å². The molecule has 25 heavy (non-hydrogen) atoms. The van der Waals surface area contributed by atoms with Crippen LogP contribution in [0.15, 0.2) is 47.4 Å². The van der Waals surface area contributed by atoms with E-state index in [4.69, 9.17) is 5.11 Å². The van der Waals surface area contributed by atoms with E-state index >= 15 is 0 Å². The van der Waals surface area contributed by atoms with Crippen LogP contribution >= 0.6 is 11.8 Å². The Hall–Kier alpha value is -2.16. The lowest BCUT2D eigenvalue weighted by Crippen LogP contribution is -2.07. The average molecular weight is 380 g/mol. The Kier molecular flexibility index (Phi) is 5.36. The van der Waals surface area contributed by atoms with Gasteiger partial charge in [-0.3, -0.25) is 0 Å². The van der Waals surface area contributed by atoms with E-state index in [1.165, 1.54) is 12.1 Å². The van der Waals surface area contributed by atoms with Crippen LogP contribution < -0.4 is 0 Å². The number of hydrogen-bond acceptors (Lipinski definition) is 2. The largest absolute Gasteiger partial charge is 0.478 e. The van der Waals surface area contributed by atoms with Crippen LogP contribution in [0.2, 0.25) is 0 Å². The van der Waals surface area contributed by atoms with E-state index in [9.17, 15) is 31.1 Å². The van der Waals surface area contributed by atoms with Crippen molar-refractivity contribution >= 4 is 17.7 Å². The molecule has 0 saturated heterocycles. The number of benzene rings is 2. The summed E-state index contributed by atoms with van der Waals surface area (Å²) in [7, 11) is 0. The fraction of sp³-hybridized carbons (Fsp3) is 0.188. The molecule has 0 bridgehead atoms. The Morgan fingerprint density at radius 1 is 0.920 bits per heavy atom. The summed E-state index contributed by atoms with van der Waals surface area (Å²) in [5, 5.41) is 9.06. The summed E-state index contributed by atoms with van der Waals surface area (Å²) in [5.74, 6) is -1.52. The first-order valence-corrected chi connectivity index (χ1v) is 7.70. The number of carboxylic acid groups (broad SMARTS) is 1. The van der Waals surface area contributed by atoms with Crippen LogP contribution in [0.1, 0.15) is 27.0 Å². The minimum absolute atomic E-state index is 0.106. The number of aromatic carboxylic acids is 1. The van der Waals surface area contributed by atoms with Crippen molar-refractivity contribution in [1.29, 1.82) is 0 Å². The lowest BCUT2D eigenvalue weighted by Gasteiger charge is -2.12. The van der Waals surface area contributed by atoms with Crippen molar-refractivity contribution in [1.82, 2.24) is 0 Å². The Morgan fingerprint density at radius 3 is 2.08 bits per heavy atom. The monoisotopic (exact) mass is 380 g/mol. The van der Waals surface area contributed by atoms with Crippen molar-refractivity contribution in [2.45, 2.75) is 23.0 Å². The Balaban J connectivity index is 2.29. The van der Waals surface area contributed by atoms with Gasteiger partial charge in [0.05, 0.1) is 16.7 Å². The topological polar surface area (TPSA) is 37.3 Å². The van der Waals surface area contributed by atoms with Gasteiger partial charge in [-0.2, -0.15) is 26.3 Å².